The fourth-order valence-electron chi connectivity index (χ4n) is 1.45. The van der Waals surface area contributed by atoms with E-state index in [0.29, 0.717) is 13.0 Å². The van der Waals surface area contributed by atoms with E-state index in [1.54, 1.807) is 14.0 Å². The minimum Gasteiger partial charge on any atom is -0.481 e. The number of aliphatic carboxylic acids is 1. The largest absolute Gasteiger partial charge is 0.481 e. The van der Waals surface area contributed by atoms with Crippen LogP contribution in [0.1, 0.15) is 26.7 Å². The Bertz CT molecular complexity index is 316. The molecule has 2 unspecified atom stereocenters. The van der Waals surface area contributed by atoms with Gasteiger partial charge in [-0.25, -0.2) is 0 Å². The summed E-state index contributed by atoms with van der Waals surface area (Å²) >= 11 is 0. The Morgan fingerprint density at radius 2 is 1.78 bits per heavy atom. The number of carbonyl (C=O) groups excluding carboxylic acids is 2. The summed E-state index contributed by atoms with van der Waals surface area (Å²) in [7, 11) is 2.92. The summed E-state index contributed by atoms with van der Waals surface area (Å²) < 4.78 is 4.49. The Balaban J connectivity index is 4.17. The third kappa shape index (κ3) is 5.16. The van der Waals surface area contributed by atoms with Crippen LogP contribution < -0.4 is 0 Å². The molecule has 2 atom stereocenters. The maximum Gasteiger partial charge on any atom is 0.307 e. The molecule has 0 aliphatic rings. The highest BCUT2D eigenvalue weighted by molar-refractivity contribution is 5.84. The van der Waals surface area contributed by atoms with Crippen molar-refractivity contribution < 1.29 is 24.2 Å². The van der Waals surface area contributed by atoms with Gasteiger partial charge in [-0.2, -0.15) is 0 Å². The van der Waals surface area contributed by atoms with Crippen molar-refractivity contribution in [2.24, 2.45) is 11.8 Å². The zero-order chi connectivity index (χ0) is 14.3. The van der Waals surface area contributed by atoms with Crippen LogP contribution in [0.4, 0.5) is 0 Å². The highest BCUT2D eigenvalue weighted by Gasteiger charge is 2.27. The standard InChI is InChI=1S/C12H21NO5/c1-8(9(2)12(16)17)11(15)13(3)7-5-6-10(14)18-4/h8-9H,5-7H2,1-4H3,(H,16,17). The number of nitrogens with zero attached hydrogens (tertiary/aromatic N) is 1. The van der Waals surface area contributed by atoms with Crippen molar-refractivity contribution in [1.29, 1.82) is 0 Å². The molecule has 6 heteroatoms. The maximum atomic E-state index is 11.9. The van der Waals surface area contributed by atoms with Gasteiger partial charge in [-0.05, 0) is 6.42 Å². The van der Waals surface area contributed by atoms with Gasteiger partial charge in [0.25, 0.3) is 0 Å². The second-order valence-electron chi connectivity index (χ2n) is 4.36. The smallest absolute Gasteiger partial charge is 0.307 e. The highest BCUT2D eigenvalue weighted by atomic mass is 16.5. The first-order valence-electron chi connectivity index (χ1n) is 5.85. The molecule has 0 aromatic carbocycles. The van der Waals surface area contributed by atoms with Crippen LogP contribution in [-0.4, -0.2) is 48.6 Å². The molecule has 0 saturated carbocycles. The molecule has 0 aliphatic heterocycles. The Morgan fingerprint density at radius 3 is 2.22 bits per heavy atom. The van der Waals surface area contributed by atoms with Crippen molar-refractivity contribution in [2.75, 3.05) is 20.7 Å². The minimum atomic E-state index is -0.987. The van der Waals surface area contributed by atoms with Gasteiger partial charge < -0.3 is 14.7 Å². The van der Waals surface area contributed by atoms with Crippen LogP contribution in [0.2, 0.25) is 0 Å². The monoisotopic (exact) mass is 259 g/mol. The fraction of sp³-hybridized carbons (Fsp3) is 0.750. The lowest BCUT2D eigenvalue weighted by Gasteiger charge is -2.23. The van der Waals surface area contributed by atoms with E-state index < -0.39 is 17.8 Å². The number of hydrogen-bond acceptors (Lipinski definition) is 4. The van der Waals surface area contributed by atoms with Crippen molar-refractivity contribution in [3.05, 3.63) is 0 Å². The number of esters is 1. The lowest BCUT2D eigenvalue weighted by molar-refractivity contribution is -0.148. The molecular formula is C12H21NO5. The van der Waals surface area contributed by atoms with E-state index in [2.05, 4.69) is 4.74 Å². The SMILES string of the molecule is COC(=O)CCCN(C)C(=O)C(C)C(C)C(=O)O. The van der Waals surface area contributed by atoms with Gasteiger partial charge in [0, 0.05) is 25.9 Å². The average Bonchev–Trinajstić information content (AvgIpc) is 2.35. The van der Waals surface area contributed by atoms with Crippen molar-refractivity contribution in [2.45, 2.75) is 26.7 Å². The first kappa shape index (κ1) is 16.4. The van der Waals surface area contributed by atoms with Gasteiger partial charge >= 0.3 is 11.9 Å². The molecule has 0 rings (SSSR count). The molecule has 1 N–H and O–H groups in total. The van der Waals surface area contributed by atoms with E-state index in [1.165, 1.54) is 18.9 Å². The van der Waals surface area contributed by atoms with Crippen LogP contribution in [-0.2, 0) is 19.1 Å². The summed E-state index contributed by atoms with van der Waals surface area (Å²) in [6.45, 7) is 3.51. The van der Waals surface area contributed by atoms with Gasteiger partial charge in [0.1, 0.15) is 0 Å². The first-order valence-corrected chi connectivity index (χ1v) is 5.85. The van der Waals surface area contributed by atoms with Crippen molar-refractivity contribution >= 4 is 17.8 Å². The third-order valence-corrected chi connectivity index (χ3v) is 3.01. The molecule has 0 radical (unpaired) electrons. The van der Waals surface area contributed by atoms with Gasteiger partial charge in [0.15, 0.2) is 0 Å². The van der Waals surface area contributed by atoms with E-state index in [9.17, 15) is 14.4 Å². The summed E-state index contributed by atoms with van der Waals surface area (Å²) in [6, 6.07) is 0. The maximum absolute atomic E-state index is 11.9. The summed E-state index contributed by atoms with van der Waals surface area (Å²) in [5.41, 5.74) is 0. The number of hydrogen-bond donors (Lipinski definition) is 1. The van der Waals surface area contributed by atoms with Crippen LogP contribution in [0.25, 0.3) is 0 Å². The molecule has 0 aromatic rings. The Kier molecular flexibility index (Phi) is 7.00. The highest BCUT2D eigenvalue weighted by Crippen LogP contribution is 2.14. The third-order valence-electron chi connectivity index (χ3n) is 3.01. The quantitative estimate of drug-likeness (QED) is 0.682. The summed E-state index contributed by atoms with van der Waals surface area (Å²) in [6.07, 6.45) is 0.750. The number of amides is 1. The van der Waals surface area contributed by atoms with Crippen molar-refractivity contribution in [3.8, 4) is 0 Å². The summed E-state index contributed by atoms with van der Waals surface area (Å²) in [5, 5.41) is 8.83. The normalized spacial score (nSPS) is 13.6. The molecule has 6 nitrogen and oxygen atoms in total. The van der Waals surface area contributed by atoms with Crippen LogP contribution in [0.15, 0.2) is 0 Å². The topological polar surface area (TPSA) is 83.9 Å². The number of carboxylic acids is 1. The number of rotatable bonds is 7. The zero-order valence-electron chi connectivity index (χ0n) is 11.3. The molecule has 0 aromatic heterocycles. The van der Waals surface area contributed by atoms with E-state index in [1.807, 2.05) is 0 Å². The molecule has 0 bridgehead atoms. The van der Waals surface area contributed by atoms with Gasteiger partial charge in [0.2, 0.25) is 5.91 Å². The fourth-order valence-corrected chi connectivity index (χ4v) is 1.45. The van der Waals surface area contributed by atoms with E-state index in [4.69, 9.17) is 5.11 Å². The average molecular weight is 259 g/mol. The van der Waals surface area contributed by atoms with Crippen LogP contribution in [0.5, 0.6) is 0 Å². The molecule has 0 heterocycles. The molecule has 18 heavy (non-hydrogen) atoms. The van der Waals surface area contributed by atoms with Crippen molar-refractivity contribution in [3.63, 3.8) is 0 Å². The van der Waals surface area contributed by atoms with Crippen molar-refractivity contribution in [1.82, 2.24) is 4.90 Å². The van der Waals surface area contributed by atoms with Gasteiger partial charge in [-0.1, -0.05) is 13.8 Å². The lowest BCUT2D eigenvalue weighted by Crippen LogP contribution is -2.37. The van der Waals surface area contributed by atoms with Gasteiger partial charge in [0.05, 0.1) is 13.0 Å². The molecule has 0 saturated heterocycles. The molecular weight excluding hydrogens is 238 g/mol. The Labute approximate surface area is 107 Å². The predicted octanol–water partition coefficient (Wildman–Crippen LogP) is 0.755. The minimum absolute atomic E-state index is 0.227. The van der Waals surface area contributed by atoms with E-state index >= 15 is 0 Å². The van der Waals surface area contributed by atoms with Gasteiger partial charge in [-0.3, -0.25) is 14.4 Å². The first-order chi connectivity index (χ1) is 8.31. The predicted molar refractivity (Wildman–Crippen MR) is 64.9 cm³/mol. The summed E-state index contributed by atoms with van der Waals surface area (Å²) in [5.74, 6) is -2.83. The second kappa shape index (κ2) is 7.68. The number of carbonyl (C=O) groups is 3. The lowest BCUT2D eigenvalue weighted by atomic mass is 9.95. The molecule has 0 fully saturated rings. The van der Waals surface area contributed by atoms with E-state index in [-0.39, 0.29) is 18.3 Å². The number of carboxylic acid groups (broad SMARTS) is 1. The van der Waals surface area contributed by atoms with Crippen LogP contribution >= 0.6 is 0 Å². The summed E-state index contributed by atoms with van der Waals surface area (Å²) in [4.78, 5) is 35.0. The number of methoxy groups -OCH3 is 1. The number of ether oxygens (including phenoxy) is 1. The van der Waals surface area contributed by atoms with Gasteiger partial charge in [-0.15, -0.1) is 0 Å². The van der Waals surface area contributed by atoms with Crippen LogP contribution in [0, 0.1) is 11.8 Å². The molecule has 0 aliphatic carbocycles. The molecule has 0 spiro atoms. The Hall–Kier alpha value is -1.59. The molecule has 1 amide bonds. The van der Waals surface area contributed by atoms with E-state index in [0.717, 1.165) is 0 Å². The van der Waals surface area contributed by atoms with Crippen LogP contribution in [0.3, 0.4) is 0 Å². The Morgan fingerprint density at radius 1 is 1.22 bits per heavy atom. The zero-order valence-corrected chi connectivity index (χ0v) is 11.3. The second-order valence-corrected chi connectivity index (χ2v) is 4.36. The molecule has 104 valence electrons.